The molecule has 114 valence electrons. The number of anilines is 1. The highest BCUT2D eigenvalue weighted by atomic mass is 35.5. The van der Waals surface area contributed by atoms with Gasteiger partial charge in [-0.2, -0.15) is 0 Å². The van der Waals surface area contributed by atoms with Gasteiger partial charge in [0.05, 0.1) is 13.5 Å². The maximum atomic E-state index is 12.0. The van der Waals surface area contributed by atoms with E-state index in [0.717, 1.165) is 5.56 Å². The normalized spacial score (nSPS) is 10.1. The largest absolute Gasteiger partial charge is 0.497 e. The van der Waals surface area contributed by atoms with Crippen LogP contribution >= 0.6 is 11.6 Å². The minimum Gasteiger partial charge on any atom is -0.497 e. The minimum absolute atomic E-state index is 0.0112. The molecule has 0 radical (unpaired) electrons. The molecule has 0 saturated heterocycles. The molecule has 0 spiro atoms. The smallest absolute Gasteiger partial charge is 0.228 e. The Bertz CT molecular complexity index is 696. The van der Waals surface area contributed by atoms with E-state index in [4.69, 9.17) is 16.3 Å². The molecule has 0 aliphatic heterocycles. The maximum Gasteiger partial charge on any atom is 0.228 e. The molecule has 0 bridgehead atoms. The average Bonchev–Trinajstić information content (AvgIpc) is 2.49. The molecule has 0 atom stereocenters. The summed E-state index contributed by atoms with van der Waals surface area (Å²) in [5, 5.41) is 3.26. The molecule has 4 nitrogen and oxygen atoms in total. The van der Waals surface area contributed by atoms with Crippen molar-refractivity contribution < 1.29 is 14.3 Å². The molecule has 2 aromatic rings. The second-order valence-electron chi connectivity index (χ2n) is 4.82. The average molecular weight is 318 g/mol. The molecule has 0 heterocycles. The van der Waals surface area contributed by atoms with E-state index >= 15 is 0 Å². The van der Waals surface area contributed by atoms with Crippen molar-refractivity contribution in [2.24, 2.45) is 0 Å². The van der Waals surface area contributed by atoms with Gasteiger partial charge in [0.2, 0.25) is 5.91 Å². The van der Waals surface area contributed by atoms with Gasteiger partial charge in [-0.15, -0.1) is 0 Å². The van der Waals surface area contributed by atoms with E-state index in [0.29, 0.717) is 22.0 Å². The summed E-state index contributed by atoms with van der Waals surface area (Å²) in [5.41, 5.74) is 1.97. The second kappa shape index (κ2) is 7.09. The highest BCUT2D eigenvalue weighted by Crippen LogP contribution is 2.23. The zero-order valence-corrected chi connectivity index (χ0v) is 13.1. The summed E-state index contributed by atoms with van der Waals surface area (Å²) in [6.07, 6.45) is 0.164. The molecule has 2 rings (SSSR count). The van der Waals surface area contributed by atoms with Crippen LogP contribution in [0.3, 0.4) is 0 Å². The number of benzene rings is 2. The third kappa shape index (κ3) is 4.09. The van der Waals surface area contributed by atoms with Crippen molar-refractivity contribution in [3.8, 4) is 5.75 Å². The predicted molar refractivity (Wildman–Crippen MR) is 86.8 cm³/mol. The Morgan fingerprint density at radius 2 is 1.82 bits per heavy atom. The van der Waals surface area contributed by atoms with Crippen molar-refractivity contribution >= 4 is 29.0 Å². The summed E-state index contributed by atoms with van der Waals surface area (Å²) in [7, 11) is 1.56. The third-order valence-corrected chi connectivity index (χ3v) is 3.54. The Labute approximate surface area is 134 Å². The van der Waals surface area contributed by atoms with Crippen LogP contribution < -0.4 is 10.1 Å². The first-order valence-corrected chi connectivity index (χ1v) is 7.10. The molecule has 1 N–H and O–H groups in total. The summed E-state index contributed by atoms with van der Waals surface area (Å²) >= 11 is 6.11. The topological polar surface area (TPSA) is 55.4 Å². The van der Waals surface area contributed by atoms with E-state index in [1.807, 2.05) is 0 Å². The SMILES string of the molecule is COc1ccc(CC(=O)Nc2ccc(C(C)=O)cc2)c(Cl)c1. The monoisotopic (exact) mass is 317 g/mol. The van der Waals surface area contributed by atoms with Crippen molar-refractivity contribution in [3.05, 3.63) is 58.6 Å². The Balaban J connectivity index is 2.02. The quantitative estimate of drug-likeness (QED) is 0.855. The first kappa shape index (κ1) is 16.0. The fraction of sp³-hybridized carbons (Fsp3) is 0.176. The van der Waals surface area contributed by atoms with E-state index < -0.39 is 0 Å². The van der Waals surface area contributed by atoms with Crippen LogP contribution in [0, 0.1) is 0 Å². The molecule has 22 heavy (non-hydrogen) atoms. The standard InChI is InChI=1S/C17H16ClNO3/c1-11(20)12-3-6-14(7-4-12)19-17(21)9-13-5-8-15(22-2)10-16(13)18/h3-8,10H,9H2,1-2H3,(H,19,21). The molecule has 1 amide bonds. The molecule has 0 aliphatic rings. The van der Waals surface area contributed by atoms with Gasteiger partial charge in [0.25, 0.3) is 0 Å². The van der Waals surface area contributed by atoms with E-state index in [2.05, 4.69) is 5.32 Å². The van der Waals surface area contributed by atoms with Crippen molar-refractivity contribution in [1.29, 1.82) is 0 Å². The predicted octanol–water partition coefficient (Wildman–Crippen LogP) is 3.73. The Hall–Kier alpha value is -2.33. The van der Waals surface area contributed by atoms with Crippen LogP contribution in [-0.2, 0) is 11.2 Å². The highest BCUT2D eigenvalue weighted by Gasteiger charge is 2.09. The lowest BCUT2D eigenvalue weighted by Crippen LogP contribution is -2.14. The van der Waals surface area contributed by atoms with Crippen LogP contribution in [0.25, 0.3) is 0 Å². The van der Waals surface area contributed by atoms with Gasteiger partial charge in [-0.1, -0.05) is 17.7 Å². The number of Topliss-reactive ketones (excluding diaryl/α,β-unsaturated/α-hetero) is 1. The third-order valence-electron chi connectivity index (χ3n) is 3.19. The molecule has 0 saturated carbocycles. The molecule has 5 heteroatoms. The number of nitrogens with one attached hydrogen (secondary N) is 1. The number of carbonyl (C=O) groups is 2. The first-order chi connectivity index (χ1) is 10.5. The number of carbonyl (C=O) groups excluding carboxylic acids is 2. The first-order valence-electron chi connectivity index (χ1n) is 6.73. The van der Waals surface area contributed by atoms with Crippen LogP contribution in [0.1, 0.15) is 22.8 Å². The van der Waals surface area contributed by atoms with Gasteiger partial charge in [0.1, 0.15) is 5.75 Å². The van der Waals surface area contributed by atoms with Crippen LogP contribution in [0.2, 0.25) is 5.02 Å². The van der Waals surface area contributed by atoms with Gasteiger partial charge in [0.15, 0.2) is 5.78 Å². The summed E-state index contributed by atoms with van der Waals surface area (Å²) in [4.78, 5) is 23.2. The van der Waals surface area contributed by atoms with E-state index in [1.54, 1.807) is 49.6 Å². The Morgan fingerprint density at radius 3 is 2.36 bits per heavy atom. The number of methoxy groups -OCH3 is 1. The second-order valence-corrected chi connectivity index (χ2v) is 5.22. The van der Waals surface area contributed by atoms with E-state index in [1.165, 1.54) is 6.92 Å². The lowest BCUT2D eigenvalue weighted by atomic mass is 10.1. The highest BCUT2D eigenvalue weighted by molar-refractivity contribution is 6.31. The van der Waals surface area contributed by atoms with Crippen LogP contribution in [0.15, 0.2) is 42.5 Å². The lowest BCUT2D eigenvalue weighted by Gasteiger charge is -2.08. The molecular weight excluding hydrogens is 302 g/mol. The fourth-order valence-electron chi connectivity index (χ4n) is 1.96. The number of ketones is 1. The van der Waals surface area contributed by atoms with E-state index in [9.17, 15) is 9.59 Å². The summed E-state index contributed by atoms with van der Waals surface area (Å²) in [6.45, 7) is 1.50. The van der Waals surface area contributed by atoms with Crippen molar-refractivity contribution in [2.45, 2.75) is 13.3 Å². The van der Waals surface area contributed by atoms with Crippen molar-refractivity contribution in [3.63, 3.8) is 0 Å². The number of hydrogen-bond acceptors (Lipinski definition) is 3. The van der Waals surface area contributed by atoms with Crippen LogP contribution in [-0.4, -0.2) is 18.8 Å². The minimum atomic E-state index is -0.178. The molecule has 0 fully saturated rings. The van der Waals surface area contributed by atoms with Gasteiger partial charge in [-0.05, 0) is 48.9 Å². The number of halogens is 1. The van der Waals surface area contributed by atoms with Gasteiger partial charge >= 0.3 is 0 Å². The Morgan fingerprint density at radius 1 is 1.14 bits per heavy atom. The van der Waals surface area contributed by atoms with Gasteiger partial charge < -0.3 is 10.1 Å². The Kier molecular flexibility index (Phi) is 5.17. The van der Waals surface area contributed by atoms with Gasteiger partial charge in [-0.3, -0.25) is 9.59 Å². The van der Waals surface area contributed by atoms with Gasteiger partial charge in [-0.25, -0.2) is 0 Å². The molecule has 0 aromatic heterocycles. The van der Waals surface area contributed by atoms with Crippen LogP contribution in [0.5, 0.6) is 5.75 Å². The van der Waals surface area contributed by atoms with Crippen molar-refractivity contribution in [1.82, 2.24) is 0 Å². The fourth-order valence-corrected chi connectivity index (χ4v) is 2.20. The van der Waals surface area contributed by atoms with Crippen molar-refractivity contribution in [2.75, 3.05) is 12.4 Å². The van der Waals surface area contributed by atoms with E-state index in [-0.39, 0.29) is 18.1 Å². The van der Waals surface area contributed by atoms with Gasteiger partial charge in [0, 0.05) is 16.3 Å². The molecular formula is C17H16ClNO3. The zero-order valence-electron chi connectivity index (χ0n) is 12.4. The number of ether oxygens (including phenoxy) is 1. The lowest BCUT2D eigenvalue weighted by molar-refractivity contribution is -0.115. The molecule has 2 aromatic carbocycles. The number of rotatable bonds is 5. The zero-order chi connectivity index (χ0) is 16.1. The maximum absolute atomic E-state index is 12.0. The summed E-state index contributed by atoms with van der Waals surface area (Å²) in [5.74, 6) is 0.458. The number of amides is 1. The summed E-state index contributed by atoms with van der Waals surface area (Å²) < 4.78 is 5.07. The molecule has 0 aliphatic carbocycles. The molecule has 0 unspecified atom stereocenters. The summed E-state index contributed by atoms with van der Waals surface area (Å²) in [6, 6.07) is 12.0. The number of hydrogen-bond donors (Lipinski definition) is 1. The van der Waals surface area contributed by atoms with Crippen LogP contribution in [0.4, 0.5) is 5.69 Å².